The van der Waals surface area contributed by atoms with Crippen LogP contribution in [0.3, 0.4) is 0 Å². The second-order valence-corrected chi connectivity index (χ2v) is 5.50. The van der Waals surface area contributed by atoms with Gasteiger partial charge in [-0.2, -0.15) is 0 Å². The highest BCUT2D eigenvalue weighted by molar-refractivity contribution is 5.99. The number of morpholine rings is 1. The number of aromatic nitrogens is 2. The summed E-state index contributed by atoms with van der Waals surface area (Å²) in [6, 6.07) is 7.44. The predicted octanol–water partition coefficient (Wildman–Crippen LogP) is 2.52. The molecule has 0 spiro atoms. The SMILES string of the molecule is CCc1ccc(NC(=O)Nc2cnc(N3CCOCC3)nc2)cc1. The summed E-state index contributed by atoms with van der Waals surface area (Å²) in [4.78, 5) is 22.7. The number of benzene rings is 1. The van der Waals surface area contributed by atoms with Crippen molar-refractivity contribution < 1.29 is 9.53 Å². The van der Waals surface area contributed by atoms with Gasteiger partial charge in [0.2, 0.25) is 5.95 Å². The maximum absolute atomic E-state index is 12.0. The van der Waals surface area contributed by atoms with Crippen LogP contribution < -0.4 is 15.5 Å². The van der Waals surface area contributed by atoms with Gasteiger partial charge in [0.05, 0.1) is 31.3 Å². The van der Waals surface area contributed by atoms with E-state index in [-0.39, 0.29) is 6.03 Å². The Morgan fingerprint density at radius 3 is 2.33 bits per heavy atom. The Morgan fingerprint density at radius 2 is 1.71 bits per heavy atom. The number of nitrogens with zero attached hydrogens (tertiary/aromatic N) is 3. The zero-order valence-electron chi connectivity index (χ0n) is 13.7. The van der Waals surface area contributed by atoms with Crippen LogP contribution in [0, 0.1) is 0 Å². The molecule has 7 heteroatoms. The van der Waals surface area contributed by atoms with Crippen LogP contribution in [0.2, 0.25) is 0 Å². The molecule has 1 aromatic heterocycles. The van der Waals surface area contributed by atoms with Crippen LogP contribution in [0.15, 0.2) is 36.7 Å². The molecule has 0 radical (unpaired) electrons. The summed E-state index contributed by atoms with van der Waals surface area (Å²) in [5.41, 5.74) is 2.53. The molecule has 24 heavy (non-hydrogen) atoms. The minimum absolute atomic E-state index is 0.318. The summed E-state index contributed by atoms with van der Waals surface area (Å²) >= 11 is 0. The molecule has 1 saturated heterocycles. The van der Waals surface area contributed by atoms with Crippen molar-refractivity contribution in [2.45, 2.75) is 13.3 Å². The van der Waals surface area contributed by atoms with Crippen molar-refractivity contribution in [2.75, 3.05) is 41.8 Å². The minimum atomic E-state index is -0.318. The Morgan fingerprint density at radius 1 is 1.08 bits per heavy atom. The molecule has 1 aromatic carbocycles. The monoisotopic (exact) mass is 327 g/mol. The molecular weight excluding hydrogens is 306 g/mol. The summed E-state index contributed by atoms with van der Waals surface area (Å²) in [5, 5.41) is 5.52. The van der Waals surface area contributed by atoms with Gasteiger partial charge in [-0.25, -0.2) is 14.8 Å². The first-order valence-electron chi connectivity index (χ1n) is 8.06. The number of rotatable bonds is 4. The fourth-order valence-electron chi connectivity index (χ4n) is 2.43. The van der Waals surface area contributed by atoms with Crippen molar-refractivity contribution in [3.63, 3.8) is 0 Å². The van der Waals surface area contributed by atoms with Crippen LogP contribution in [0.5, 0.6) is 0 Å². The molecule has 1 aliphatic heterocycles. The smallest absolute Gasteiger partial charge is 0.323 e. The van der Waals surface area contributed by atoms with E-state index in [4.69, 9.17) is 4.74 Å². The van der Waals surface area contributed by atoms with Crippen molar-refractivity contribution in [3.8, 4) is 0 Å². The average molecular weight is 327 g/mol. The number of urea groups is 1. The lowest BCUT2D eigenvalue weighted by Crippen LogP contribution is -2.37. The van der Waals surface area contributed by atoms with Gasteiger partial charge in [-0.1, -0.05) is 19.1 Å². The van der Waals surface area contributed by atoms with Gasteiger partial charge < -0.3 is 20.3 Å². The van der Waals surface area contributed by atoms with E-state index in [1.807, 2.05) is 24.3 Å². The number of amides is 2. The molecule has 2 amide bonds. The van der Waals surface area contributed by atoms with Crippen LogP contribution in [0.25, 0.3) is 0 Å². The molecular formula is C17H21N5O2. The second-order valence-electron chi connectivity index (χ2n) is 5.50. The Hall–Kier alpha value is -2.67. The van der Waals surface area contributed by atoms with Crippen LogP contribution >= 0.6 is 0 Å². The second kappa shape index (κ2) is 7.74. The van der Waals surface area contributed by atoms with Crippen molar-refractivity contribution in [1.29, 1.82) is 0 Å². The molecule has 2 heterocycles. The molecule has 0 aliphatic carbocycles. The van der Waals surface area contributed by atoms with E-state index in [9.17, 15) is 4.79 Å². The van der Waals surface area contributed by atoms with Crippen molar-refractivity contribution >= 4 is 23.4 Å². The lowest BCUT2D eigenvalue weighted by atomic mass is 10.1. The maximum Gasteiger partial charge on any atom is 0.323 e. The van der Waals surface area contributed by atoms with Crippen LogP contribution in [0.1, 0.15) is 12.5 Å². The van der Waals surface area contributed by atoms with E-state index < -0.39 is 0 Å². The molecule has 0 atom stereocenters. The predicted molar refractivity (Wildman–Crippen MR) is 93.5 cm³/mol. The quantitative estimate of drug-likeness (QED) is 0.902. The lowest BCUT2D eigenvalue weighted by Gasteiger charge is -2.26. The molecule has 2 N–H and O–H groups in total. The van der Waals surface area contributed by atoms with Crippen molar-refractivity contribution in [1.82, 2.24) is 9.97 Å². The highest BCUT2D eigenvalue weighted by Gasteiger charge is 2.13. The van der Waals surface area contributed by atoms with E-state index >= 15 is 0 Å². The van der Waals surface area contributed by atoms with Crippen LogP contribution in [-0.4, -0.2) is 42.3 Å². The first kappa shape index (κ1) is 16.2. The number of hydrogen-bond donors (Lipinski definition) is 2. The highest BCUT2D eigenvalue weighted by atomic mass is 16.5. The van der Waals surface area contributed by atoms with Gasteiger partial charge >= 0.3 is 6.03 Å². The van der Waals surface area contributed by atoms with Crippen molar-refractivity contribution in [2.24, 2.45) is 0 Å². The fourth-order valence-corrected chi connectivity index (χ4v) is 2.43. The van der Waals surface area contributed by atoms with Crippen LogP contribution in [0.4, 0.5) is 22.1 Å². The maximum atomic E-state index is 12.0. The summed E-state index contributed by atoms with van der Waals surface area (Å²) in [5.74, 6) is 0.652. The minimum Gasteiger partial charge on any atom is -0.378 e. The number of hydrogen-bond acceptors (Lipinski definition) is 5. The van der Waals surface area contributed by atoms with Gasteiger partial charge in [0.1, 0.15) is 0 Å². The van der Waals surface area contributed by atoms with E-state index in [1.165, 1.54) is 5.56 Å². The number of carbonyl (C=O) groups is 1. The molecule has 3 rings (SSSR count). The Balaban J connectivity index is 1.55. The molecule has 0 unspecified atom stereocenters. The molecule has 7 nitrogen and oxygen atoms in total. The Bertz CT molecular complexity index is 666. The zero-order chi connectivity index (χ0) is 16.8. The van der Waals surface area contributed by atoms with E-state index in [1.54, 1.807) is 12.4 Å². The van der Waals surface area contributed by atoms with Gasteiger partial charge in [0.25, 0.3) is 0 Å². The topological polar surface area (TPSA) is 79.4 Å². The van der Waals surface area contributed by atoms with Gasteiger partial charge in [0.15, 0.2) is 0 Å². The van der Waals surface area contributed by atoms with Gasteiger partial charge in [-0.15, -0.1) is 0 Å². The molecule has 2 aromatic rings. The first-order chi connectivity index (χ1) is 11.7. The van der Waals surface area contributed by atoms with Crippen LogP contribution in [-0.2, 0) is 11.2 Å². The molecule has 0 saturated carbocycles. The number of anilines is 3. The third kappa shape index (κ3) is 4.20. The number of nitrogens with one attached hydrogen (secondary N) is 2. The number of aryl methyl sites for hydroxylation is 1. The Labute approximate surface area is 141 Å². The molecule has 0 bridgehead atoms. The first-order valence-corrected chi connectivity index (χ1v) is 8.06. The summed E-state index contributed by atoms with van der Waals surface area (Å²) < 4.78 is 5.31. The van der Waals surface area contributed by atoms with E-state index in [2.05, 4.69) is 32.4 Å². The molecule has 126 valence electrons. The van der Waals surface area contributed by atoms with Gasteiger partial charge in [0, 0.05) is 18.8 Å². The normalized spacial score (nSPS) is 14.3. The Kier molecular flexibility index (Phi) is 5.22. The zero-order valence-corrected chi connectivity index (χ0v) is 13.7. The summed E-state index contributed by atoms with van der Waals surface area (Å²) in [7, 11) is 0. The fraction of sp³-hybridized carbons (Fsp3) is 0.353. The third-order valence-corrected chi connectivity index (χ3v) is 3.81. The molecule has 1 aliphatic rings. The number of ether oxygens (including phenoxy) is 1. The standard InChI is InChI=1S/C17H21N5O2/c1-2-13-3-5-14(6-4-13)20-17(23)21-15-11-18-16(19-12-15)22-7-9-24-10-8-22/h3-6,11-12H,2,7-10H2,1H3,(H2,20,21,23). The van der Waals surface area contributed by atoms with E-state index in [0.29, 0.717) is 24.8 Å². The lowest BCUT2D eigenvalue weighted by molar-refractivity contribution is 0.122. The van der Waals surface area contributed by atoms with Gasteiger partial charge in [-0.3, -0.25) is 0 Å². The summed E-state index contributed by atoms with van der Waals surface area (Å²) in [6.45, 7) is 5.02. The molecule has 1 fully saturated rings. The highest BCUT2D eigenvalue weighted by Crippen LogP contribution is 2.13. The summed E-state index contributed by atoms with van der Waals surface area (Å²) in [6.07, 6.45) is 4.19. The number of carbonyl (C=O) groups excluding carboxylic acids is 1. The largest absolute Gasteiger partial charge is 0.378 e. The van der Waals surface area contributed by atoms with Gasteiger partial charge in [-0.05, 0) is 24.1 Å². The third-order valence-electron chi connectivity index (χ3n) is 3.81. The van der Waals surface area contributed by atoms with E-state index in [0.717, 1.165) is 25.2 Å². The average Bonchev–Trinajstić information content (AvgIpc) is 2.64. The van der Waals surface area contributed by atoms with Crippen molar-refractivity contribution in [3.05, 3.63) is 42.2 Å².